The second-order valence-corrected chi connectivity index (χ2v) is 4.87. The third-order valence-electron chi connectivity index (χ3n) is 3.16. The summed E-state index contributed by atoms with van der Waals surface area (Å²) in [5, 5.41) is 3.48. The highest BCUT2D eigenvalue weighted by Crippen LogP contribution is 2.16. The van der Waals surface area contributed by atoms with Gasteiger partial charge < -0.3 is 14.8 Å². The summed E-state index contributed by atoms with van der Waals surface area (Å²) in [7, 11) is 1.67. The minimum Gasteiger partial charge on any atom is -0.497 e. The summed E-state index contributed by atoms with van der Waals surface area (Å²) in [4.78, 5) is 0. The molecule has 108 valence electrons. The van der Waals surface area contributed by atoms with Gasteiger partial charge in [0.2, 0.25) is 0 Å². The Morgan fingerprint density at radius 2 is 1.79 bits per heavy atom. The summed E-state index contributed by atoms with van der Waals surface area (Å²) in [6.45, 7) is 6.06. The van der Waals surface area contributed by atoms with Crippen LogP contribution >= 0.6 is 0 Å². The Morgan fingerprint density at radius 1 is 1.11 bits per heavy atom. The van der Waals surface area contributed by atoms with Crippen LogP contribution in [0.25, 0.3) is 0 Å². The molecule has 1 aromatic rings. The van der Waals surface area contributed by atoms with Crippen LogP contribution in [0, 0.1) is 0 Å². The number of methoxy groups -OCH3 is 1. The zero-order valence-corrected chi connectivity index (χ0v) is 12.4. The summed E-state index contributed by atoms with van der Waals surface area (Å²) >= 11 is 0. The molecule has 0 aliphatic carbocycles. The lowest BCUT2D eigenvalue weighted by Crippen LogP contribution is -2.30. The zero-order chi connectivity index (χ0) is 13.9. The van der Waals surface area contributed by atoms with Crippen LogP contribution in [0.2, 0.25) is 0 Å². The number of ether oxygens (including phenoxy) is 2. The van der Waals surface area contributed by atoms with E-state index in [1.807, 2.05) is 24.3 Å². The van der Waals surface area contributed by atoms with Crippen LogP contribution < -0.4 is 14.8 Å². The summed E-state index contributed by atoms with van der Waals surface area (Å²) < 4.78 is 10.8. The molecule has 3 heteroatoms. The van der Waals surface area contributed by atoms with Gasteiger partial charge in [-0.1, -0.05) is 26.2 Å². The molecule has 0 heterocycles. The van der Waals surface area contributed by atoms with Gasteiger partial charge in [-0.3, -0.25) is 0 Å². The summed E-state index contributed by atoms with van der Waals surface area (Å²) in [5.74, 6) is 1.75. The fourth-order valence-corrected chi connectivity index (χ4v) is 1.95. The summed E-state index contributed by atoms with van der Waals surface area (Å²) in [6.07, 6.45) is 5.17. The largest absolute Gasteiger partial charge is 0.497 e. The smallest absolute Gasteiger partial charge is 0.119 e. The van der Waals surface area contributed by atoms with Crippen molar-refractivity contribution in [2.45, 2.75) is 45.6 Å². The fourth-order valence-electron chi connectivity index (χ4n) is 1.95. The Hall–Kier alpha value is -1.22. The maximum absolute atomic E-state index is 5.66. The SMILES string of the molecule is CCCCCC(C)NCCOc1ccc(OC)cc1. The van der Waals surface area contributed by atoms with Crippen molar-refractivity contribution in [3.63, 3.8) is 0 Å². The Bertz CT molecular complexity index is 324. The predicted molar refractivity (Wildman–Crippen MR) is 80.1 cm³/mol. The van der Waals surface area contributed by atoms with Gasteiger partial charge in [-0.25, -0.2) is 0 Å². The zero-order valence-electron chi connectivity index (χ0n) is 12.4. The molecule has 0 aliphatic rings. The molecule has 0 spiro atoms. The highest BCUT2D eigenvalue weighted by molar-refractivity contribution is 5.31. The van der Waals surface area contributed by atoms with Crippen LogP contribution in [0.4, 0.5) is 0 Å². The predicted octanol–water partition coefficient (Wildman–Crippen LogP) is 3.63. The van der Waals surface area contributed by atoms with Gasteiger partial charge in [-0.2, -0.15) is 0 Å². The van der Waals surface area contributed by atoms with E-state index in [9.17, 15) is 0 Å². The Kier molecular flexibility index (Phi) is 8.07. The molecular weight excluding hydrogens is 238 g/mol. The number of nitrogens with one attached hydrogen (secondary N) is 1. The van der Waals surface area contributed by atoms with Gasteiger partial charge in [0.05, 0.1) is 7.11 Å². The second kappa shape index (κ2) is 9.68. The Morgan fingerprint density at radius 3 is 2.42 bits per heavy atom. The lowest BCUT2D eigenvalue weighted by molar-refractivity contribution is 0.303. The first-order valence-electron chi connectivity index (χ1n) is 7.26. The van der Waals surface area contributed by atoms with Crippen molar-refractivity contribution in [2.24, 2.45) is 0 Å². The molecule has 0 aromatic heterocycles. The minimum atomic E-state index is 0.575. The van der Waals surface area contributed by atoms with Crippen LogP contribution in [0.1, 0.15) is 39.5 Å². The van der Waals surface area contributed by atoms with E-state index in [1.54, 1.807) is 7.11 Å². The third-order valence-corrected chi connectivity index (χ3v) is 3.16. The van der Waals surface area contributed by atoms with Crippen molar-refractivity contribution in [3.05, 3.63) is 24.3 Å². The van der Waals surface area contributed by atoms with Crippen LogP contribution in [0.3, 0.4) is 0 Å². The van der Waals surface area contributed by atoms with Crippen molar-refractivity contribution in [3.8, 4) is 11.5 Å². The van der Waals surface area contributed by atoms with Gasteiger partial charge in [0.25, 0.3) is 0 Å². The molecular formula is C16H27NO2. The molecule has 1 aromatic carbocycles. The van der Waals surface area contributed by atoms with E-state index in [2.05, 4.69) is 19.2 Å². The molecule has 0 saturated heterocycles. The molecule has 0 amide bonds. The van der Waals surface area contributed by atoms with Crippen molar-refractivity contribution in [1.82, 2.24) is 5.32 Å². The normalized spacial score (nSPS) is 12.2. The molecule has 1 unspecified atom stereocenters. The molecule has 0 saturated carbocycles. The first-order valence-corrected chi connectivity index (χ1v) is 7.26. The van der Waals surface area contributed by atoms with E-state index in [-0.39, 0.29) is 0 Å². The average molecular weight is 265 g/mol. The fraction of sp³-hybridized carbons (Fsp3) is 0.625. The maximum atomic E-state index is 5.66. The topological polar surface area (TPSA) is 30.5 Å². The number of unbranched alkanes of at least 4 members (excludes halogenated alkanes) is 2. The highest BCUT2D eigenvalue weighted by atomic mass is 16.5. The number of hydrogen-bond donors (Lipinski definition) is 1. The van der Waals surface area contributed by atoms with Crippen molar-refractivity contribution < 1.29 is 9.47 Å². The molecule has 0 radical (unpaired) electrons. The number of rotatable bonds is 10. The standard InChI is InChI=1S/C16H27NO2/c1-4-5-6-7-14(2)17-12-13-19-16-10-8-15(18-3)9-11-16/h8-11,14,17H,4-7,12-13H2,1-3H3. The van der Waals surface area contributed by atoms with E-state index in [0.717, 1.165) is 18.0 Å². The Labute approximate surface area is 117 Å². The first-order chi connectivity index (χ1) is 9.26. The molecule has 1 rings (SSSR count). The van der Waals surface area contributed by atoms with E-state index in [4.69, 9.17) is 9.47 Å². The lowest BCUT2D eigenvalue weighted by Gasteiger charge is -2.14. The van der Waals surface area contributed by atoms with E-state index >= 15 is 0 Å². The van der Waals surface area contributed by atoms with Gasteiger partial charge >= 0.3 is 0 Å². The summed E-state index contributed by atoms with van der Waals surface area (Å²) in [5.41, 5.74) is 0. The van der Waals surface area contributed by atoms with Crippen LogP contribution in [-0.2, 0) is 0 Å². The van der Waals surface area contributed by atoms with Gasteiger partial charge in [0, 0.05) is 12.6 Å². The Balaban J connectivity index is 2.09. The number of hydrogen-bond acceptors (Lipinski definition) is 3. The van der Waals surface area contributed by atoms with Gasteiger partial charge in [0.1, 0.15) is 18.1 Å². The van der Waals surface area contributed by atoms with Crippen molar-refractivity contribution in [1.29, 1.82) is 0 Å². The van der Waals surface area contributed by atoms with E-state index in [1.165, 1.54) is 25.7 Å². The molecule has 19 heavy (non-hydrogen) atoms. The van der Waals surface area contributed by atoms with Crippen LogP contribution in [0.5, 0.6) is 11.5 Å². The molecule has 3 nitrogen and oxygen atoms in total. The molecule has 1 atom stereocenters. The minimum absolute atomic E-state index is 0.575. The van der Waals surface area contributed by atoms with E-state index < -0.39 is 0 Å². The van der Waals surface area contributed by atoms with Gasteiger partial charge in [-0.05, 0) is 37.6 Å². The quantitative estimate of drug-likeness (QED) is 0.655. The monoisotopic (exact) mass is 265 g/mol. The maximum Gasteiger partial charge on any atom is 0.119 e. The first kappa shape index (κ1) is 15.8. The molecule has 0 fully saturated rings. The number of benzene rings is 1. The average Bonchev–Trinajstić information content (AvgIpc) is 2.44. The third kappa shape index (κ3) is 7.06. The van der Waals surface area contributed by atoms with Crippen LogP contribution in [-0.4, -0.2) is 26.3 Å². The van der Waals surface area contributed by atoms with Crippen LogP contribution in [0.15, 0.2) is 24.3 Å². The van der Waals surface area contributed by atoms with Crippen molar-refractivity contribution in [2.75, 3.05) is 20.3 Å². The van der Waals surface area contributed by atoms with Gasteiger partial charge in [-0.15, -0.1) is 0 Å². The van der Waals surface area contributed by atoms with Crippen molar-refractivity contribution >= 4 is 0 Å². The highest BCUT2D eigenvalue weighted by Gasteiger charge is 2.00. The second-order valence-electron chi connectivity index (χ2n) is 4.87. The molecule has 0 bridgehead atoms. The van der Waals surface area contributed by atoms with E-state index in [0.29, 0.717) is 12.6 Å². The molecule has 1 N–H and O–H groups in total. The lowest BCUT2D eigenvalue weighted by atomic mass is 10.1. The molecule has 0 aliphatic heterocycles. The summed E-state index contributed by atoms with van der Waals surface area (Å²) in [6, 6.07) is 8.27. The van der Waals surface area contributed by atoms with Gasteiger partial charge in [0.15, 0.2) is 0 Å².